The fourth-order valence-corrected chi connectivity index (χ4v) is 4.58. The quantitative estimate of drug-likeness (QED) is 0.111. The highest BCUT2D eigenvalue weighted by molar-refractivity contribution is 5.01. The summed E-state index contributed by atoms with van der Waals surface area (Å²) in [4.78, 5) is 10.6. The van der Waals surface area contributed by atoms with Gasteiger partial charge in [0.25, 0.3) is 6.04 Å². The lowest BCUT2D eigenvalue weighted by molar-refractivity contribution is -0.576. The Labute approximate surface area is 199 Å². The van der Waals surface area contributed by atoms with E-state index in [0.717, 1.165) is 0 Å². The van der Waals surface area contributed by atoms with E-state index in [9.17, 15) is 45.9 Å². The number of aliphatic hydroxyl groups excluding tert-OH is 7. The lowest BCUT2D eigenvalue weighted by Crippen LogP contribution is -2.68. The average molecular weight is 514 g/mol. The van der Waals surface area contributed by atoms with Gasteiger partial charge < -0.3 is 71.9 Å². The molecule has 0 aromatic heterocycles. The van der Waals surface area contributed by atoms with Crippen LogP contribution in [0, 0.1) is 10.1 Å². The Morgan fingerprint density at radius 1 is 0.800 bits per heavy atom. The molecule has 0 unspecified atom stereocenters. The van der Waals surface area contributed by atoms with Gasteiger partial charge in [0, 0.05) is 23.6 Å². The van der Waals surface area contributed by atoms with Crippen molar-refractivity contribution >= 4 is 0 Å². The highest BCUT2D eigenvalue weighted by Crippen LogP contribution is 2.32. The van der Waals surface area contributed by atoms with Crippen molar-refractivity contribution in [3.05, 3.63) is 10.1 Å². The minimum Gasteiger partial charge on any atom is -0.394 e. The van der Waals surface area contributed by atoms with E-state index < -0.39 is 103 Å². The summed E-state index contributed by atoms with van der Waals surface area (Å²) in [6.07, 6.45) is -19.0. The normalized spacial score (nSPS) is 51.2. The monoisotopic (exact) mass is 514 g/mol. The molecular formula is C18H34N4O13. The van der Waals surface area contributed by atoms with Crippen LogP contribution in [0.15, 0.2) is 0 Å². The molecule has 0 aromatic rings. The van der Waals surface area contributed by atoms with Crippen molar-refractivity contribution in [2.24, 2.45) is 17.2 Å². The van der Waals surface area contributed by atoms with E-state index in [4.69, 9.17) is 36.1 Å². The summed E-state index contributed by atoms with van der Waals surface area (Å²) in [6.45, 7) is -1.01. The molecule has 2 heterocycles. The second-order valence-electron chi connectivity index (χ2n) is 8.99. The van der Waals surface area contributed by atoms with Gasteiger partial charge in [-0.25, -0.2) is 0 Å². The number of nitro groups is 1. The van der Waals surface area contributed by atoms with Gasteiger partial charge in [-0.05, 0) is 6.42 Å². The van der Waals surface area contributed by atoms with Gasteiger partial charge in [0.05, 0.1) is 6.61 Å². The van der Waals surface area contributed by atoms with Gasteiger partial charge in [0.15, 0.2) is 12.4 Å². The smallest absolute Gasteiger partial charge is 0.291 e. The Kier molecular flexibility index (Phi) is 9.32. The predicted octanol–water partition coefficient (Wildman–Crippen LogP) is -6.97. The molecule has 17 nitrogen and oxygen atoms in total. The standard InChI is InChI=1S/C18H34N4O13/c19-2-6-9(24)11(26)8(22(30)31)17(32-6)34-15-4(20)1-5(21)16(14(15)29)35-18-13(28)12(27)10(25)7(3-23)33-18/h4-18,23-29H,1-3,19-21H2/t4-,5+,6-,7+,8-,9-,10+,11-,12-,13+,14-,15+,16-,17-,18+/m0/s1. The number of hydrogen-bond acceptors (Lipinski definition) is 16. The van der Waals surface area contributed by atoms with Crippen LogP contribution in [0.4, 0.5) is 0 Å². The van der Waals surface area contributed by atoms with Gasteiger partial charge in [0.1, 0.15) is 54.9 Å². The van der Waals surface area contributed by atoms with Crippen molar-refractivity contribution in [3.8, 4) is 0 Å². The molecule has 0 amide bonds. The molecule has 1 aliphatic carbocycles. The van der Waals surface area contributed by atoms with Crippen molar-refractivity contribution in [2.45, 2.75) is 98.2 Å². The summed E-state index contributed by atoms with van der Waals surface area (Å²) < 4.78 is 21.9. The van der Waals surface area contributed by atoms with E-state index in [1.807, 2.05) is 0 Å². The molecule has 35 heavy (non-hydrogen) atoms. The molecule has 3 aliphatic rings. The Morgan fingerprint density at radius 2 is 1.31 bits per heavy atom. The van der Waals surface area contributed by atoms with Gasteiger partial charge in [-0.2, -0.15) is 0 Å². The fourth-order valence-electron chi connectivity index (χ4n) is 4.58. The van der Waals surface area contributed by atoms with Gasteiger partial charge >= 0.3 is 0 Å². The first-order chi connectivity index (χ1) is 16.4. The predicted molar refractivity (Wildman–Crippen MR) is 111 cm³/mol. The van der Waals surface area contributed by atoms with E-state index in [-0.39, 0.29) is 13.0 Å². The van der Waals surface area contributed by atoms with Crippen molar-refractivity contribution < 1.29 is 59.6 Å². The van der Waals surface area contributed by atoms with Crippen molar-refractivity contribution in [1.29, 1.82) is 0 Å². The summed E-state index contributed by atoms with van der Waals surface area (Å²) in [6, 6.07) is -3.87. The Bertz CT molecular complexity index is 722. The van der Waals surface area contributed by atoms with Gasteiger partial charge in [0.2, 0.25) is 6.29 Å². The third kappa shape index (κ3) is 5.58. The summed E-state index contributed by atoms with van der Waals surface area (Å²) in [7, 11) is 0. The van der Waals surface area contributed by atoms with Gasteiger partial charge in [-0.1, -0.05) is 0 Å². The minimum atomic E-state index is -1.94. The molecule has 0 spiro atoms. The highest BCUT2D eigenvalue weighted by atomic mass is 16.7. The van der Waals surface area contributed by atoms with E-state index in [1.54, 1.807) is 0 Å². The van der Waals surface area contributed by atoms with E-state index >= 15 is 0 Å². The Balaban J connectivity index is 1.78. The SMILES string of the molecule is NC[C@@H]1O[C@@H](O[C@H]2[C@H](O)[C@@H](O[C@H]3O[C@H](CO)[C@@H](O)[C@H](O)[C@H]3O)[C@H](N)C[C@@H]2N)[C@@H]([N+](=O)[O-])[C@H](O)[C@H]1O. The number of nitrogens with zero attached hydrogens (tertiary/aromatic N) is 1. The Morgan fingerprint density at radius 3 is 1.83 bits per heavy atom. The van der Waals surface area contributed by atoms with Crippen LogP contribution in [0.25, 0.3) is 0 Å². The van der Waals surface area contributed by atoms with Crippen LogP contribution in [0.5, 0.6) is 0 Å². The van der Waals surface area contributed by atoms with Crippen LogP contribution in [-0.2, 0) is 18.9 Å². The molecule has 3 rings (SSSR count). The molecule has 204 valence electrons. The molecule has 0 aromatic carbocycles. The molecule has 0 radical (unpaired) electrons. The van der Waals surface area contributed by atoms with Gasteiger partial charge in [-0.3, -0.25) is 10.1 Å². The summed E-state index contributed by atoms with van der Waals surface area (Å²) in [5, 5.41) is 82.2. The molecule has 1 saturated carbocycles. The van der Waals surface area contributed by atoms with E-state index in [1.165, 1.54) is 0 Å². The Hall–Kier alpha value is -1.16. The molecular weight excluding hydrogens is 480 g/mol. The number of aliphatic hydroxyl groups is 7. The van der Waals surface area contributed by atoms with Crippen LogP contribution in [0.3, 0.4) is 0 Å². The summed E-state index contributed by atoms with van der Waals surface area (Å²) >= 11 is 0. The van der Waals surface area contributed by atoms with Crippen molar-refractivity contribution in [3.63, 3.8) is 0 Å². The number of rotatable bonds is 7. The van der Waals surface area contributed by atoms with Crippen LogP contribution in [0.2, 0.25) is 0 Å². The first kappa shape index (κ1) is 28.4. The highest BCUT2D eigenvalue weighted by Gasteiger charge is 2.55. The van der Waals surface area contributed by atoms with E-state index in [0.29, 0.717) is 0 Å². The fraction of sp³-hybridized carbons (Fsp3) is 1.00. The first-order valence-electron chi connectivity index (χ1n) is 11.1. The third-order valence-electron chi connectivity index (χ3n) is 6.64. The van der Waals surface area contributed by atoms with Crippen LogP contribution in [-0.4, -0.2) is 146 Å². The lowest BCUT2D eigenvalue weighted by atomic mass is 9.84. The van der Waals surface area contributed by atoms with Crippen LogP contribution >= 0.6 is 0 Å². The van der Waals surface area contributed by atoms with Crippen LogP contribution < -0.4 is 17.2 Å². The zero-order valence-electron chi connectivity index (χ0n) is 18.5. The average Bonchev–Trinajstić information content (AvgIpc) is 2.80. The molecule has 17 heteroatoms. The second-order valence-corrected chi connectivity index (χ2v) is 8.99. The van der Waals surface area contributed by atoms with Crippen LogP contribution in [0.1, 0.15) is 6.42 Å². The molecule has 2 saturated heterocycles. The van der Waals surface area contributed by atoms with Gasteiger partial charge in [-0.15, -0.1) is 0 Å². The summed E-state index contributed by atoms with van der Waals surface area (Å²) in [5.41, 5.74) is 17.6. The third-order valence-corrected chi connectivity index (χ3v) is 6.64. The number of nitrogens with two attached hydrogens (primary N) is 3. The molecule has 13 N–H and O–H groups in total. The van der Waals surface area contributed by atoms with Crippen molar-refractivity contribution in [2.75, 3.05) is 13.2 Å². The maximum atomic E-state index is 11.5. The maximum absolute atomic E-state index is 11.5. The molecule has 15 atom stereocenters. The largest absolute Gasteiger partial charge is 0.394 e. The first-order valence-corrected chi connectivity index (χ1v) is 11.1. The topological polar surface area (TPSA) is 300 Å². The zero-order valence-corrected chi connectivity index (χ0v) is 18.5. The molecule has 2 aliphatic heterocycles. The maximum Gasteiger partial charge on any atom is 0.291 e. The summed E-state index contributed by atoms with van der Waals surface area (Å²) in [5.74, 6) is 0. The number of hydrogen-bond donors (Lipinski definition) is 10. The van der Waals surface area contributed by atoms with Crippen molar-refractivity contribution in [1.82, 2.24) is 0 Å². The molecule has 0 bridgehead atoms. The zero-order chi connectivity index (χ0) is 26.2. The molecule has 3 fully saturated rings. The lowest BCUT2D eigenvalue weighted by Gasteiger charge is -2.47. The van der Waals surface area contributed by atoms with E-state index in [2.05, 4.69) is 0 Å². The number of ether oxygens (including phenoxy) is 4. The minimum absolute atomic E-state index is 0.0365. The second kappa shape index (κ2) is 11.5.